The van der Waals surface area contributed by atoms with Crippen molar-refractivity contribution in [2.75, 3.05) is 0 Å². The van der Waals surface area contributed by atoms with E-state index >= 15 is 0 Å². The average molecular weight is 433 g/mol. The number of benzene rings is 1. The number of carbonyl (C=O) groups is 2. The summed E-state index contributed by atoms with van der Waals surface area (Å²) >= 11 is 1.53. The van der Waals surface area contributed by atoms with Crippen LogP contribution in [0.4, 0.5) is 13.2 Å². The predicted octanol–water partition coefficient (Wildman–Crippen LogP) is 4.99. The third-order valence-corrected chi connectivity index (χ3v) is 6.38. The van der Waals surface area contributed by atoms with E-state index in [1.54, 1.807) is 0 Å². The Bertz CT molecular complexity index is 1080. The Labute approximate surface area is 174 Å². The molecule has 0 radical (unpaired) electrons. The number of aromatic amines is 1. The van der Waals surface area contributed by atoms with Crippen LogP contribution in [0.15, 0.2) is 24.4 Å². The monoisotopic (exact) mass is 433 g/mol. The second-order valence-corrected chi connectivity index (χ2v) is 8.41. The molecule has 3 aromatic rings. The molecular formula is C21H18F3N3O2S. The van der Waals surface area contributed by atoms with E-state index < -0.39 is 28.8 Å². The fourth-order valence-electron chi connectivity index (χ4n) is 3.65. The van der Waals surface area contributed by atoms with Crippen molar-refractivity contribution in [3.05, 3.63) is 68.7 Å². The normalized spacial score (nSPS) is 14.4. The van der Waals surface area contributed by atoms with Crippen LogP contribution in [0.1, 0.15) is 74.4 Å². The van der Waals surface area contributed by atoms with Gasteiger partial charge in [0.2, 0.25) is 0 Å². The fourth-order valence-corrected chi connectivity index (χ4v) is 4.66. The van der Waals surface area contributed by atoms with Gasteiger partial charge >= 0.3 is 0 Å². The Morgan fingerprint density at radius 2 is 1.77 bits per heavy atom. The molecule has 5 nitrogen and oxygen atoms in total. The minimum Gasteiger partial charge on any atom is -0.358 e. The zero-order valence-corrected chi connectivity index (χ0v) is 16.7. The van der Waals surface area contributed by atoms with Gasteiger partial charge in [0, 0.05) is 42.7 Å². The first-order chi connectivity index (χ1) is 14.4. The zero-order valence-electron chi connectivity index (χ0n) is 15.9. The summed E-state index contributed by atoms with van der Waals surface area (Å²) in [5.41, 5.74) is -0.785. The summed E-state index contributed by atoms with van der Waals surface area (Å²) in [4.78, 5) is 27.5. The first-order valence-electron chi connectivity index (χ1n) is 9.65. The molecule has 1 aliphatic rings. The van der Waals surface area contributed by atoms with E-state index in [0.29, 0.717) is 24.5 Å². The topological polar surface area (TPSA) is 75.7 Å². The van der Waals surface area contributed by atoms with E-state index in [-0.39, 0.29) is 23.5 Å². The number of carbonyl (C=O) groups excluding carboxylic acids is 2. The van der Waals surface area contributed by atoms with Gasteiger partial charge < -0.3 is 4.98 Å². The fraction of sp³-hybridized carbons (Fsp3) is 0.333. The summed E-state index contributed by atoms with van der Waals surface area (Å²) in [5, 5.41) is 10.2. The van der Waals surface area contributed by atoms with E-state index in [2.05, 4.69) is 15.2 Å². The number of hydrogen-bond acceptors (Lipinski definition) is 5. The van der Waals surface area contributed by atoms with Crippen molar-refractivity contribution < 1.29 is 22.8 Å². The Balaban J connectivity index is 1.41. The van der Waals surface area contributed by atoms with Gasteiger partial charge in [-0.15, -0.1) is 21.5 Å². The van der Waals surface area contributed by atoms with Crippen LogP contribution >= 0.6 is 11.3 Å². The first kappa shape index (κ1) is 20.5. The second-order valence-electron chi connectivity index (χ2n) is 7.31. The molecule has 1 N–H and O–H groups in total. The number of rotatable bonds is 7. The molecule has 1 fully saturated rings. The molecule has 0 amide bonds. The molecule has 0 spiro atoms. The van der Waals surface area contributed by atoms with E-state index in [1.807, 2.05) is 0 Å². The van der Waals surface area contributed by atoms with Gasteiger partial charge in [-0.05, 0) is 18.9 Å². The molecule has 1 aromatic carbocycles. The van der Waals surface area contributed by atoms with Gasteiger partial charge in [-0.25, -0.2) is 13.2 Å². The number of aromatic nitrogens is 3. The van der Waals surface area contributed by atoms with Crippen LogP contribution < -0.4 is 0 Å². The lowest BCUT2D eigenvalue weighted by atomic mass is 10.0. The minimum atomic E-state index is -1.29. The van der Waals surface area contributed by atoms with Crippen molar-refractivity contribution in [1.82, 2.24) is 15.2 Å². The highest BCUT2D eigenvalue weighted by atomic mass is 32.1. The van der Waals surface area contributed by atoms with E-state index in [9.17, 15) is 22.8 Å². The van der Waals surface area contributed by atoms with Gasteiger partial charge in [0.1, 0.15) is 27.5 Å². The number of hydrogen-bond donors (Lipinski definition) is 1. The quantitative estimate of drug-likeness (QED) is 0.533. The molecule has 2 heterocycles. The van der Waals surface area contributed by atoms with Crippen LogP contribution in [0.2, 0.25) is 0 Å². The Morgan fingerprint density at radius 3 is 2.47 bits per heavy atom. The third-order valence-electron chi connectivity index (χ3n) is 5.23. The summed E-state index contributed by atoms with van der Waals surface area (Å²) in [6.45, 7) is 0. The van der Waals surface area contributed by atoms with E-state index in [4.69, 9.17) is 0 Å². The molecular weight excluding hydrogens is 415 g/mol. The van der Waals surface area contributed by atoms with Crippen LogP contribution in [0, 0.1) is 17.5 Å². The maximum absolute atomic E-state index is 13.8. The summed E-state index contributed by atoms with van der Waals surface area (Å²) in [7, 11) is 0. The van der Waals surface area contributed by atoms with Gasteiger partial charge in [0.25, 0.3) is 0 Å². The second kappa shape index (κ2) is 8.51. The smallest absolute Gasteiger partial charge is 0.200 e. The number of nitrogens with zero attached hydrogens (tertiary/aromatic N) is 2. The number of H-pyrrole nitrogens is 1. The van der Waals surface area contributed by atoms with Crippen LogP contribution in [0.3, 0.4) is 0 Å². The summed E-state index contributed by atoms with van der Waals surface area (Å²) in [5.74, 6) is -4.45. The molecule has 0 unspecified atom stereocenters. The van der Waals surface area contributed by atoms with E-state index in [0.717, 1.165) is 22.9 Å². The lowest BCUT2D eigenvalue weighted by molar-refractivity contribution is 0.0978. The molecule has 1 saturated carbocycles. The summed E-state index contributed by atoms with van der Waals surface area (Å²) in [6, 6.07) is 2.13. The Kier molecular flexibility index (Phi) is 5.80. The first-order valence-corrected chi connectivity index (χ1v) is 10.5. The van der Waals surface area contributed by atoms with Gasteiger partial charge in [-0.2, -0.15) is 0 Å². The molecule has 0 bridgehead atoms. The maximum Gasteiger partial charge on any atom is 0.200 e. The van der Waals surface area contributed by atoms with Gasteiger partial charge in [-0.3, -0.25) is 9.59 Å². The predicted molar refractivity (Wildman–Crippen MR) is 104 cm³/mol. The van der Waals surface area contributed by atoms with Crippen molar-refractivity contribution in [1.29, 1.82) is 0 Å². The van der Waals surface area contributed by atoms with Crippen molar-refractivity contribution >= 4 is 22.9 Å². The third kappa shape index (κ3) is 4.21. The SMILES string of the molecule is O=C(CCc1nnc(C2CCCC2)s1)c1cc(C(=O)c2c(F)cc(F)cc2F)c[nH]1. The summed E-state index contributed by atoms with van der Waals surface area (Å²) < 4.78 is 40.7. The molecule has 9 heteroatoms. The number of aryl methyl sites for hydroxylation is 1. The van der Waals surface area contributed by atoms with Crippen LogP contribution in [0.25, 0.3) is 0 Å². The highest BCUT2D eigenvalue weighted by molar-refractivity contribution is 7.11. The van der Waals surface area contributed by atoms with E-state index in [1.165, 1.54) is 36.4 Å². The van der Waals surface area contributed by atoms with Crippen molar-refractivity contribution in [2.45, 2.75) is 44.4 Å². The standard InChI is InChI=1S/C21H18F3N3O2S/c22-13-8-14(23)19(15(24)9-13)20(29)12-7-16(25-10-12)17(28)5-6-18-26-27-21(30-18)11-3-1-2-4-11/h7-11,25H,1-6H2. The number of nitrogens with one attached hydrogen (secondary N) is 1. The number of ketones is 2. The van der Waals surface area contributed by atoms with Crippen molar-refractivity contribution in [3.63, 3.8) is 0 Å². The summed E-state index contributed by atoms with van der Waals surface area (Å²) in [6.07, 6.45) is 6.46. The molecule has 156 valence electrons. The van der Waals surface area contributed by atoms with Crippen LogP contribution in [0.5, 0.6) is 0 Å². The highest BCUT2D eigenvalue weighted by Gasteiger charge is 2.23. The van der Waals surface area contributed by atoms with Gasteiger partial charge in [0.15, 0.2) is 11.6 Å². The zero-order chi connectivity index (χ0) is 21.3. The molecule has 0 saturated heterocycles. The largest absolute Gasteiger partial charge is 0.358 e. The van der Waals surface area contributed by atoms with Crippen LogP contribution in [-0.4, -0.2) is 26.7 Å². The van der Waals surface area contributed by atoms with Crippen molar-refractivity contribution in [3.8, 4) is 0 Å². The highest BCUT2D eigenvalue weighted by Crippen LogP contribution is 2.35. The maximum atomic E-state index is 13.8. The lowest BCUT2D eigenvalue weighted by Gasteiger charge is -2.02. The van der Waals surface area contributed by atoms with Gasteiger partial charge in [0.05, 0.1) is 11.3 Å². The Morgan fingerprint density at radius 1 is 1.07 bits per heavy atom. The lowest BCUT2D eigenvalue weighted by Crippen LogP contribution is -2.07. The molecule has 1 aliphatic carbocycles. The molecule has 0 aliphatic heterocycles. The van der Waals surface area contributed by atoms with Gasteiger partial charge in [-0.1, -0.05) is 12.8 Å². The van der Waals surface area contributed by atoms with Crippen LogP contribution in [-0.2, 0) is 6.42 Å². The number of Topliss-reactive ketones (excluding diaryl/α,β-unsaturated/α-hetero) is 1. The molecule has 4 rings (SSSR count). The minimum absolute atomic E-state index is 0.0813. The molecule has 2 aromatic heterocycles. The average Bonchev–Trinajstić information content (AvgIpc) is 3.46. The molecule has 0 atom stereocenters. The Hall–Kier alpha value is -2.81. The molecule has 30 heavy (non-hydrogen) atoms. The number of halogens is 3. The van der Waals surface area contributed by atoms with Crippen molar-refractivity contribution in [2.24, 2.45) is 0 Å².